The quantitative estimate of drug-likeness (QED) is 0.406. The molecule has 0 aliphatic rings. The molecule has 0 atom stereocenters. The summed E-state index contributed by atoms with van der Waals surface area (Å²) in [5.74, 6) is 0. The van der Waals surface area contributed by atoms with Gasteiger partial charge in [-0.05, 0) is 55.8 Å². The summed E-state index contributed by atoms with van der Waals surface area (Å²) in [5, 5.41) is 4.35. The second-order valence-corrected chi connectivity index (χ2v) is 8.39. The van der Waals surface area contributed by atoms with Crippen molar-refractivity contribution in [3.8, 4) is 5.69 Å². The molecule has 2 heterocycles. The number of hydrogen-bond donors (Lipinski definition) is 1. The molecular weight excluding hydrogens is 448 g/mol. The largest absolute Gasteiger partial charge is 0.295 e. The first kappa shape index (κ1) is 18.2. The summed E-state index contributed by atoms with van der Waals surface area (Å²) < 4.78 is 3.48. The fourth-order valence-corrected chi connectivity index (χ4v) is 4.06. The minimum absolute atomic E-state index is 0.151. The van der Waals surface area contributed by atoms with Gasteiger partial charge in [-0.2, -0.15) is 0 Å². The normalized spacial score (nSPS) is 11.7. The third kappa shape index (κ3) is 3.50. The van der Waals surface area contributed by atoms with E-state index >= 15 is 0 Å². The smallest absolute Gasteiger partial charge is 0.280 e. The first-order valence-electron chi connectivity index (χ1n) is 8.10. The van der Waals surface area contributed by atoms with Crippen LogP contribution in [0.1, 0.15) is 16.8 Å². The van der Waals surface area contributed by atoms with Crippen molar-refractivity contribution in [3.63, 3.8) is 0 Å². The van der Waals surface area contributed by atoms with E-state index in [0.717, 1.165) is 31.6 Å². The van der Waals surface area contributed by atoms with Crippen LogP contribution in [0.2, 0.25) is 5.02 Å². The fraction of sp³-hybridized carbons (Fsp3) is 0.105. The predicted molar refractivity (Wildman–Crippen MR) is 115 cm³/mol. The molecule has 0 amide bonds. The minimum Gasteiger partial charge on any atom is -0.295 e. The Hall–Kier alpha value is -2.22. The van der Waals surface area contributed by atoms with Crippen molar-refractivity contribution in [2.75, 3.05) is 0 Å². The minimum atomic E-state index is -0.151. The molecule has 27 heavy (non-hydrogen) atoms. The van der Waals surface area contributed by atoms with Crippen molar-refractivity contribution in [2.24, 2.45) is 4.99 Å². The molecule has 8 heteroatoms. The monoisotopic (exact) mass is 460 g/mol. The van der Waals surface area contributed by atoms with Crippen LogP contribution in [0.4, 0.5) is 5.13 Å². The Morgan fingerprint density at radius 1 is 1.26 bits per heavy atom. The van der Waals surface area contributed by atoms with Crippen LogP contribution in [0.5, 0.6) is 0 Å². The molecule has 0 radical (unpaired) electrons. The van der Waals surface area contributed by atoms with Gasteiger partial charge < -0.3 is 0 Å². The van der Waals surface area contributed by atoms with Crippen molar-refractivity contribution < 1.29 is 0 Å². The number of halogens is 2. The Kier molecular flexibility index (Phi) is 4.75. The number of H-pyrrole nitrogens is 1. The molecule has 0 saturated carbocycles. The number of nitrogens with zero attached hydrogens (tertiary/aromatic N) is 3. The summed E-state index contributed by atoms with van der Waals surface area (Å²) in [7, 11) is 0. The molecular formula is C19H14BrClN4OS. The van der Waals surface area contributed by atoms with Crippen molar-refractivity contribution in [1.82, 2.24) is 14.8 Å². The van der Waals surface area contributed by atoms with Gasteiger partial charge in [0.2, 0.25) is 5.13 Å². The van der Waals surface area contributed by atoms with Crippen LogP contribution in [-0.2, 0) is 0 Å². The van der Waals surface area contributed by atoms with Gasteiger partial charge in [-0.3, -0.25) is 9.89 Å². The van der Waals surface area contributed by atoms with E-state index in [4.69, 9.17) is 11.6 Å². The summed E-state index contributed by atoms with van der Waals surface area (Å²) >= 11 is 10.9. The van der Waals surface area contributed by atoms with E-state index in [1.54, 1.807) is 12.3 Å². The first-order valence-corrected chi connectivity index (χ1v) is 10.1. The molecule has 0 bridgehead atoms. The number of aromatic nitrogens is 3. The summed E-state index contributed by atoms with van der Waals surface area (Å²) in [4.78, 5) is 21.7. The van der Waals surface area contributed by atoms with Crippen molar-refractivity contribution >= 4 is 60.4 Å². The van der Waals surface area contributed by atoms with Crippen LogP contribution < -0.4 is 5.56 Å². The van der Waals surface area contributed by atoms with Gasteiger partial charge in [0.15, 0.2) is 0 Å². The van der Waals surface area contributed by atoms with Crippen LogP contribution in [-0.4, -0.2) is 21.0 Å². The molecule has 0 unspecified atom stereocenters. The molecule has 0 aliphatic carbocycles. The average molecular weight is 462 g/mol. The lowest BCUT2D eigenvalue weighted by Crippen LogP contribution is -2.17. The third-order valence-corrected chi connectivity index (χ3v) is 6.21. The number of fused-ring (bicyclic) bond motifs is 1. The van der Waals surface area contributed by atoms with E-state index in [0.29, 0.717) is 15.7 Å². The zero-order valence-electron chi connectivity index (χ0n) is 14.5. The topological polar surface area (TPSA) is 63.0 Å². The van der Waals surface area contributed by atoms with Gasteiger partial charge in [0, 0.05) is 21.4 Å². The lowest BCUT2D eigenvalue weighted by atomic mass is 10.2. The maximum Gasteiger partial charge on any atom is 0.280 e. The zero-order chi connectivity index (χ0) is 19.1. The van der Waals surface area contributed by atoms with E-state index in [1.807, 2.05) is 44.2 Å². The Morgan fingerprint density at radius 3 is 2.85 bits per heavy atom. The Morgan fingerprint density at radius 2 is 2.07 bits per heavy atom. The first-order chi connectivity index (χ1) is 12.9. The lowest BCUT2D eigenvalue weighted by Gasteiger charge is -2.04. The third-order valence-electron chi connectivity index (χ3n) is 4.16. The number of rotatable bonds is 3. The SMILES string of the molecule is Cc1cc(-n2[nH]c(C)c(C=Nc3nc4ccc(Cl)cc4s3)c2=O)ccc1Br. The number of thiazole rings is 1. The molecule has 4 rings (SSSR count). The second-order valence-electron chi connectivity index (χ2n) is 6.09. The molecule has 1 N–H and O–H groups in total. The van der Waals surface area contributed by atoms with Gasteiger partial charge in [0.25, 0.3) is 5.56 Å². The zero-order valence-corrected chi connectivity index (χ0v) is 17.6. The second kappa shape index (κ2) is 7.07. The molecule has 0 saturated heterocycles. The molecule has 5 nitrogen and oxygen atoms in total. The van der Waals surface area contributed by atoms with Gasteiger partial charge in [-0.25, -0.2) is 14.7 Å². The van der Waals surface area contributed by atoms with Gasteiger partial charge in [0.05, 0.1) is 21.5 Å². The number of aliphatic imine (C=N–C) groups is 1. The molecule has 0 aliphatic heterocycles. The van der Waals surface area contributed by atoms with Crippen LogP contribution in [0.3, 0.4) is 0 Å². The highest BCUT2D eigenvalue weighted by atomic mass is 79.9. The van der Waals surface area contributed by atoms with Crippen molar-refractivity contribution in [3.05, 3.63) is 73.1 Å². The molecule has 2 aromatic heterocycles. The van der Waals surface area contributed by atoms with E-state index in [-0.39, 0.29) is 5.56 Å². The Balaban J connectivity index is 1.71. The number of benzene rings is 2. The summed E-state index contributed by atoms with van der Waals surface area (Å²) in [6.07, 6.45) is 1.57. The van der Waals surface area contributed by atoms with E-state index in [2.05, 4.69) is 31.0 Å². The highest BCUT2D eigenvalue weighted by Gasteiger charge is 2.12. The van der Waals surface area contributed by atoms with Gasteiger partial charge in [-0.15, -0.1) is 0 Å². The average Bonchev–Trinajstić information content (AvgIpc) is 3.15. The van der Waals surface area contributed by atoms with Crippen LogP contribution in [0.25, 0.3) is 15.9 Å². The number of nitrogens with one attached hydrogen (secondary N) is 1. The molecule has 4 aromatic rings. The Labute approximate surface area is 172 Å². The maximum absolute atomic E-state index is 12.8. The van der Waals surface area contributed by atoms with Crippen LogP contribution in [0, 0.1) is 13.8 Å². The van der Waals surface area contributed by atoms with Crippen LogP contribution in [0.15, 0.2) is 50.7 Å². The molecule has 2 aromatic carbocycles. The summed E-state index contributed by atoms with van der Waals surface area (Å²) in [6.45, 7) is 3.83. The van der Waals surface area contributed by atoms with Crippen molar-refractivity contribution in [1.29, 1.82) is 0 Å². The maximum atomic E-state index is 12.8. The fourth-order valence-electron chi connectivity index (χ4n) is 2.72. The summed E-state index contributed by atoms with van der Waals surface area (Å²) in [6, 6.07) is 11.3. The van der Waals surface area contributed by atoms with Gasteiger partial charge >= 0.3 is 0 Å². The Bertz CT molecular complexity index is 1250. The number of hydrogen-bond acceptors (Lipinski definition) is 4. The summed E-state index contributed by atoms with van der Waals surface area (Å²) in [5.41, 5.74) is 3.77. The predicted octanol–water partition coefficient (Wildman–Crippen LogP) is 5.56. The standard InChI is InChI=1S/C19H14BrClN4OS/c1-10-7-13(4-5-15(10)20)25-18(26)14(11(2)24-25)9-22-19-23-16-6-3-12(21)8-17(16)27-19/h3-9,24H,1-2H3. The highest BCUT2D eigenvalue weighted by molar-refractivity contribution is 9.10. The van der Waals surface area contributed by atoms with E-state index in [1.165, 1.54) is 16.0 Å². The molecule has 0 spiro atoms. The number of aromatic amines is 1. The number of aryl methyl sites for hydroxylation is 2. The van der Waals surface area contributed by atoms with E-state index in [9.17, 15) is 4.79 Å². The molecule has 136 valence electrons. The van der Waals surface area contributed by atoms with Crippen LogP contribution >= 0.6 is 38.9 Å². The van der Waals surface area contributed by atoms with Gasteiger partial charge in [0.1, 0.15) is 0 Å². The van der Waals surface area contributed by atoms with E-state index < -0.39 is 0 Å². The molecule has 0 fully saturated rings. The van der Waals surface area contributed by atoms with Crippen molar-refractivity contribution in [2.45, 2.75) is 13.8 Å². The lowest BCUT2D eigenvalue weighted by molar-refractivity contribution is 0.834. The van der Waals surface area contributed by atoms with Gasteiger partial charge in [-0.1, -0.05) is 38.9 Å². The highest BCUT2D eigenvalue weighted by Crippen LogP contribution is 2.30.